The molecule has 5 unspecified atom stereocenters. The number of ketones is 1. The normalized spacial score (nSPS) is 31.9. The molecule has 5 aliphatic rings. The number of phenols is 2. The SMILES string of the molecule is COC12c3c(C)cc(O)c4c3C(=CC1(O)C13COC(=O)c5c(O)cc(C)c(c51)C(=O)C2C3OC(C)=O)C(=O)OC4=O. The summed E-state index contributed by atoms with van der Waals surface area (Å²) in [6.45, 7) is 3.55. The summed E-state index contributed by atoms with van der Waals surface area (Å²) in [6, 6.07) is 2.45. The summed E-state index contributed by atoms with van der Waals surface area (Å²) in [5.74, 6) is -7.27. The molecule has 5 atom stereocenters. The van der Waals surface area contributed by atoms with Crippen molar-refractivity contribution < 1.29 is 58.2 Å². The molecular weight excluding hydrogens is 540 g/mol. The van der Waals surface area contributed by atoms with E-state index in [1.165, 1.54) is 26.2 Å². The fourth-order valence-electron chi connectivity index (χ4n) is 8.08. The Kier molecular flexibility index (Phi) is 4.58. The van der Waals surface area contributed by atoms with Crippen molar-refractivity contribution in [2.75, 3.05) is 13.7 Å². The van der Waals surface area contributed by atoms with Gasteiger partial charge in [0, 0.05) is 30.7 Å². The third kappa shape index (κ3) is 2.44. The molecule has 0 saturated heterocycles. The van der Waals surface area contributed by atoms with E-state index in [-0.39, 0.29) is 44.5 Å². The van der Waals surface area contributed by atoms with Gasteiger partial charge in [0.05, 0.1) is 11.5 Å². The van der Waals surface area contributed by atoms with Crippen molar-refractivity contribution in [2.45, 2.75) is 43.5 Å². The van der Waals surface area contributed by atoms with Crippen LogP contribution in [-0.4, -0.2) is 70.4 Å². The molecule has 2 heterocycles. The van der Waals surface area contributed by atoms with Crippen molar-refractivity contribution in [2.24, 2.45) is 5.92 Å². The van der Waals surface area contributed by atoms with Gasteiger partial charge in [0.2, 0.25) is 0 Å². The predicted octanol–water partition coefficient (Wildman–Crippen LogP) is 1.25. The Balaban J connectivity index is 1.74. The molecule has 1 spiro atoms. The second-order valence-corrected chi connectivity index (χ2v) is 11.0. The van der Waals surface area contributed by atoms with Crippen molar-refractivity contribution in [1.82, 2.24) is 0 Å². The Hall–Kier alpha value is -4.55. The van der Waals surface area contributed by atoms with Gasteiger partial charge in [0.25, 0.3) is 0 Å². The average molecular weight is 562 g/mol. The summed E-state index contributed by atoms with van der Waals surface area (Å²) >= 11 is 0. The van der Waals surface area contributed by atoms with Gasteiger partial charge in [-0.25, -0.2) is 14.4 Å². The lowest BCUT2D eigenvalue weighted by molar-refractivity contribution is -0.173. The zero-order valence-corrected chi connectivity index (χ0v) is 22.1. The summed E-state index contributed by atoms with van der Waals surface area (Å²) in [6.07, 6.45) is -0.470. The van der Waals surface area contributed by atoms with Gasteiger partial charge < -0.3 is 34.3 Å². The molecule has 3 aliphatic carbocycles. The van der Waals surface area contributed by atoms with Crippen molar-refractivity contribution in [1.29, 1.82) is 0 Å². The fraction of sp³-hybridized carbons (Fsp3) is 0.345. The van der Waals surface area contributed by atoms with Gasteiger partial charge in [-0.05, 0) is 48.7 Å². The lowest BCUT2D eigenvalue weighted by atomic mass is 9.58. The number of fused-ring (bicyclic) bond motifs is 4. The molecular formula is C29H22O12. The molecule has 1 fully saturated rings. The van der Waals surface area contributed by atoms with Gasteiger partial charge in [0.1, 0.15) is 52.0 Å². The number of carbonyl (C=O) groups is 5. The number of carbonyl (C=O) groups excluding carboxylic acids is 5. The number of aryl methyl sites for hydroxylation is 2. The van der Waals surface area contributed by atoms with E-state index in [1.807, 2.05) is 0 Å². The molecule has 0 radical (unpaired) electrons. The number of hydrogen-bond acceptors (Lipinski definition) is 12. The minimum absolute atomic E-state index is 0.00350. The smallest absolute Gasteiger partial charge is 0.350 e. The molecule has 1 saturated carbocycles. The van der Waals surface area contributed by atoms with Crippen LogP contribution >= 0.6 is 0 Å². The highest BCUT2D eigenvalue weighted by Gasteiger charge is 2.85. The molecule has 2 bridgehead atoms. The first-order valence-electron chi connectivity index (χ1n) is 12.7. The minimum atomic E-state index is -2.49. The van der Waals surface area contributed by atoms with Crippen molar-refractivity contribution in [3.63, 3.8) is 0 Å². The van der Waals surface area contributed by atoms with Crippen LogP contribution in [0.3, 0.4) is 0 Å². The zero-order valence-electron chi connectivity index (χ0n) is 22.1. The zero-order chi connectivity index (χ0) is 29.5. The maximum Gasteiger partial charge on any atom is 0.350 e. The number of esters is 4. The van der Waals surface area contributed by atoms with Gasteiger partial charge in [-0.3, -0.25) is 9.59 Å². The Morgan fingerprint density at radius 1 is 0.927 bits per heavy atom. The maximum atomic E-state index is 14.6. The van der Waals surface area contributed by atoms with Crippen LogP contribution in [0.25, 0.3) is 5.57 Å². The summed E-state index contributed by atoms with van der Waals surface area (Å²) in [4.78, 5) is 66.3. The van der Waals surface area contributed by atoms with E-state index >= 15 is 0 Å². The van der Waals surface area contributed by atoms with Crippen LogP contribution in [0.2, 0.25) is 0 Å². The predicted molar refractivity (Wildman–Crippen MR) is 133 cm³/mol. The topological polar surface area (TPSA) is 183 Å². The van der Waals surface area contributed by atoms with E-state index in [1.54, 1.807) is 6.92 Å². The Labute approximate surface area is 231 Å². The number of aliphatic hydroxyl groups is 1. The second-order valence-electron chi connectivity index (χ2n) is 11.0. The number of Topliss-reactive ketones (excluding diaryl/α,β-unsaturated/α-hetero) is 1. The number of cyclic esters (lactones) is 3. The number of methoxy groups -OCH3 is 1. The highest BCUT2D eigenvalue weighted by molar-refractivity contribution is 6.28. The molecule has 2 aromatic rings. The molecule has 12 heteroatoms. The average Bonchev–Trinajstić information content (AvgIpc) is 3.01. The molecule has 0 aromatic heterocycles. The van der Waals surface area contributed by atoms with Crippen LogP contribution in [0.4, 0.5) is 0 Å². The van der Waals surface area contributed by atoms with E-state index in [2.05, 4.69) is 0 Å². The number of hydrogen-bond donors (Lipinski definition) is 3. The Morgan fingerprint density at radius 2 is 1.59 bits per heavy atom. The van der Waals surface area contributed by atoms with E-state index < -0.39 is 82.0 Å². The fourth-order valence-corrected chi connectivity index (χ4v) is 8.08. The number of phenolic OH excluding ortho intramolecular Hbond substituents is 2. The first kappa shape index (κ1) is 25.4. The van der Waals surface area contributed by atoms with E-state index in [0.29, 0.717) is 0 Å². The maximum absolute atomic E-state index is 14.6. The highest BCUT2D eigenvalue weighted by Crippen LogP contribution is 2.72. The van der Waals surface area contributed by atoms with Crippen molar-refractivity contribution in [3.05, 3.63) is 62.7 Å². The number of ether oxygens (including phenoxy) is 4. The largest absolute Gasteiger partial charge is 0.507 e. The van der Waals surface area contributed by atoms with Crippen LogP contribution < -0.4 is 0 Å². The molecule has 7 rings (SSSR count). The third-order valence-corrected chi connectivity index (χ3v) is 9.31. The van der Waals surface area contributed by atoms with Crippen molar-refractivity contribution >= 4 is 35.2 Å². The van der Waals surface area contributed by atoms with Gasteiger partial charge in [0.15, 0.2) is 5.78 Å². The number of benzene rings is 2. The highest BCUT2D eigenvalue weighted by atomic mass is 16.6. The summed E-state index contributed by atoms with van der Waals surface area (Å²) in [7, 11) is 1.21. The summed E-state index contributed by atoms with van der Waals surface area (Å²) < 4.78 is 22.4. The van der Waals surface area contributed by atoms with Gasteiger partial charge in [-0.15, -0.1) is 0 Å². The molecule has 0 amide bonds. The Bertz CT molecular complexity index is 1770. The number of aromatic hydroxyl groups is 2. The van der Waals surface area contributed by atoms with Gasteiger partial charge >= 0.3 is 23.9 Å². The first-order valence-corrected chi connectivity index (χ1v) is 12.7. The van der Waals surface area contributed by atoms with Crippen LogP contribution in [0.5, 0.6) is 11.5 Å². The van der Waals surface area contributed by atoms with E-state index in [9.17, 15) is 39.3 Å². The minimum Gasteiger partial charge on any atom is -0.507 e. The summed E-state index contributed by atoms with van der Waals surface area (Å²) in [5, 5.41) is 34.8. The third-order valence-electron chi connectivity index (χ3n) is 9.31. The molecule has 41 heavy (non-hydrogen) atoms. The van der Waals surface area contributed by atoms with Crippen LogP contribution in [-0.2, 0) is 39.6 Å². The molecule has 210 valence electrons. The molecule has 3 N–H and O–H groups in total. The quantitative estimate of drug-likeness (QED) is 0.271. The van der Waals surface area contributed by atoms with Crippen LogP contribution in [0.15, 0.2) is 18.2 Å². The molecule has 12 nitrogen and oxygen atoms in total. The Morgan fingerprint density at radius 3 is 2.24 bits per heavy atom. The van der Waals surface area contributed by atoms with E-state index in [0.717, 1.165) is 13.0 Å². The number of rotatable bonds is 2. The van der Waals surface area contributed by atoms with Crippen molar-refractivity contribution in [3.8, 4) is 11.5 Å². The monoisotopic (exact) mass is 562 g/mol. The second kappa shape index (κ2) is 7.39. The van der Waals surface area contributed by atoms with E-state index in [4.69, 9.17) is 18.9 Å². The van der Waals surface area contributed by atoms with Crippen LogP contribution in [0, 0.1) is 19.8 Å². The lowest BCUT2D eigenvalue weighted by Gasteiger charge is -2.52. The lowest BCUT2D eigenvalue weighted by Crippen LogP contribution is -2.65. The standard InChI is InChI=1S/C29H22O12/c1-9-5-14(32)18-20-15(9)22(33)21-23(40-11(3)30)27(20,8-39-25(18)35)28(37)7-12-16-17(26(36)41-24(12)34)13(31)6-10(2)19(16)29(21,28)38-4/h5-7,21,23,31-32,37H,8H2,1-4H3. The van der Waals surface area contributed by atoms with Crippen LogP contribution in [0.1, 0.15) is 65.8 Å². The van der Waals surface area contributed by atoms with Gasteiger partial charge in [-0.1, -0.05) is 0 Å². The molecule has 2 aliphatic heterocycles. The first-order chi connectivity index (χ1) is 19.3. The van der Waals surface area contributed by atoms with Gasteiger partial charge in [-0.2, -0.15) is 0 Å². The summed E-state index contributed by atoms with van der Waals surface area (Å²) in [5.41, 5.74) is -7.34. The molecule has 2 aromatic carbocycles.